The van der Waals surface area contributed by atoms with Crippen molar-refractivity contribution in [2.75, 3.05) is 6.61 Å². The maximum absolute atomic E-state index is 12.0. The second-order valence-corrected chi connectivity index (χ2v) is 5.23. The van der Waals surface area contributed by atoms with Gasteiger partial charge in [-0.25, -0.2) is 14.5 Å². The van der Waals surface area contributed by atoms with E-state index < -0.39 is 29.6 Å². The molecule has 0 bridgehead atoms. The number of hydrogen-bond donors (Lipinski definition) is 0. The van der Waals surface area contributed by atoms with Crippen LogP contribution < -0.4 is 0 Å². The zero-order valence-electron chi connectivity index (χ0n) is 11.9. The monoisotopic (exact) mass is 269 g/mol. The first-order valence-corrected chi connectivity index (χ1v) is 6.08. The van der Waals surface area contributed by atoms with E-state index in [1.54, 1.807) is 34.6 Å². The molecule has 0 N–H and O–H groups in total. The summed E-state index contributed by atoms with van der Waals surface area (Å²) in [6.07, 6.45) is 0.398. The Morgan fingerprint density at radius 3 is 2.42 bits per heavy atom. The molecule has 0 saturated carbocycles. The molecule has 6 heteroatoms. The molecule has 0 aliphatic carbocycles. The fourth-order valence-electron chi connectivity index (χ4n) is 1.69. The van der Waals surface area contributed by atoms with Crippen molar-refractivity contribution in [3.8, 4) is 0 Å². The minimum absolute atomic E-state index is 0.180. The van der Waals surface area contributed by atoms with Gasteiger partial charge in [-0.05, 0) is 40.2 Å². The van der Waals surface area contributed by atoms with Gasteiger partial charge < -0.3 is 9.47 Å². The number of ether oxygens (including phenoxy) is 2. The van der Waals surface area contributed by atoms with Gasteiger partial charge in [0.25, 0.3) is 5.91 Å². The Morgan fingerprint density at radius 2 is 1.95 bits per heavy atom. The zero-order chi connectivity index (χ0) is 14.8. The molecule has 1 atom stereocenters. The fraction of sp³-hybridized carbons (Fsp3) is 0.615. The van der Waals surface area contributed by atoms with E-state index in [4.69, 9.17) is 9.47 Å². The highest BCUT2D eigenvalue weighted by Crippen LogP contribution is 2.23. The van der Waals surface area contributed by atoms with E-state index in [0.29, 0.717) is 5.57 Å². The number of amides is 2. The lowest BCUT2D eigenvalue weighted by Crippen LogP contribution is -2.47. The smallest absolute Gasteiger partial charge is 0.418 e. The number of imide groups is 1. The van der Waals surface area contributed by atoms with Crippen LogP contribution in [0, 0.1) is 0 Å². The molecule has 0 radical (unpaired) electrons. The quantitative estimate of drug-likeness (QED) is 0.712. The average Bonchev–Trinajstić information content (AvgIpc) is 2.51. The third-order valence-electron chi connectivity index (χ3n) is 2.38. The zero-order valence-corrected chi connectivity index (χ0v) is 11.9. The van der Waals surface area contributed by atoms with Crippen molar-refractivity contribution < 1.29 is 23.9 Å². The number of hydrogen-bond acceptors (Lipinski definition) is 5. The highest BCUT2D eigenvalue weighted by molar-refractivity contribution is 6.07. The number of carbonyl (C=O) groups excluding carboxylic acids is 3. The third kappa shape index (κ3) is 3.56. The molecule has 0 fully saturated rings. The molecule has 1 rings (SSSR count). The Morgan fingerprint density at radius 1 is 1.37 bits per heavy atom. The van der Waals surface area contributed by atoms with E-state index in [0.717, 1.165) is 4.90 Å². The second kappa shape index (κ2) is 5.42. The summed E-state index contributed by atoms with van der Waals surface area (Å²) in [5.74, 6) is -1.20. The van der Waals surface area contributed by atoms with Crippen molar-refractivity contribution >= 4 is 18.0 Å². The minimum atomic E-state index is -1.03. The lowest BCUT2D eigenvalue weighted by Gasteiger charge is -2.27. The molecule has 19 heavy (non-hydrogen) atoms. The molecule has 1 heterocycles. The predicted octanol–water partition coefficient (Wildman–Crippen LogP) is 1.64. The summed E-state index contributed by atoms with van der Waals surface area (Å²) in [5.41, 5.74) is -0.276. The lowest BCUT2D eigenvalue weighted by molar-refractivity contribution is -0.150. The van der Waals surface area contributed by atoms with Crippen LogP contribution in [0.1, 0.15) is 34.6 Å². The highest BCUT2D eigenvalue weighted by atomic mass is 16.6. The Balaban J connectivity index is 2.94. The first-order chi connectivity index (χ1) is 8.67. The minimum Gasteiger partial charge on any atom is -0.464 e. The molecule has 0 aromatic heterocycles. The lowest BCUT2D eigenvalue weighted by atomic mass is 10.1. The maximum atomic E-state index is 12.0. The van der Waals surface area contributed by atoms with E-state index in [9.17, 15) is 14.4 Å². The van der Waals surface area contributed by atoms with Gasteiger partial charge in [0.1, 0.15) is 5.60 Å². The van der Waals surface area contributed by atoms with Crippen LogP contribution in [0.5, 0.6) is 0 Å². The van der Waals surface area contributed by atoms with Crippen LogP contribution in [-0.4, -0.2) is 41.1 Å². The number of carbonyl (C=O) groups is 3. The van der Waals surface area contributed by atoms with Crippen LogP contribution in [0.3, 0.4) is 0 Å². The Labute approximate surface area is 112 Å². The summed E-state index contributed by atoms with van der Waals surface area (Å²) in [5, 5.41) is 0. The van der Waals surface area contributed by atoms with Crippen molar-refractivity contribution in [2.45, 2.75) is 46.3 Å². The van der Waals surface area contributed by atoms with E-state index in [-0.39, 0.29) is 6.61 Å². The van der Waals surface area contributed by atoms with Gasteiger partial charge >= 0.3 is 12.1 Å². The van der Waals surface area contributed by atoms with Crippen LogP contribution in [0.2, 0.25) is 0 Å². The Bertz CT molecular complexity index is 433. The summed E-state index contributed by atoms with van der Waals surface area (Å²) in [6, 6.07) is -1.03. The molecule has 0 aromatic carbocycles. The van der Waals surface area contributed by atoms with Crippen molar-refractivity contribution in [1.29, 1.82) is 0 Å². The number of nitrogens with zero attached hydrogens (tertiary/aromatic N) is 1. The summed E-state index contributed by atoms with van der Waals surface area (Å²) in [6.45, 7) is 8.50. The topological polar surface area (TPSA) is 72.9 Å². The maximum Gasteiger partial charge on any atom is 0.418 e. The summed E-state index contributed by atoms with van der Waals surface area (Å²) in [7, 11) is 0. The Hall–Kier alpha value is -1.85. The molecule has 0 spiro atoms. The Kier molecular flexibility index (Phi) is 4.34. The van der Waals surface area contributed by atoms with E-state index >= 15 is 0 Å². The van der Waals surface area contributed by atoms with Gasteiger partial charge in [0.05, 0.1) is 6.61 Å². The van der Waals surface area contributed by atoms with Gasteiger partial charge in [-0.1, -0.05) is 0 Å². The van der Waals surface area contributed by atoms with Crippen molar-refractivity contribution in [3.05, 3.63) is 11.6 Å². The molecular weight excluding hydrogens is 250 g/mol. The van der Waals surface area contributed by atoms with Gasteiger partial charge in [-0.15, -0.1) is 0 Å². The highest BCUT2D eigenvalue weighted by Gasteiger charge is 2.43. The van der Waals surface area contributed by atoms with Crippen LogP contribution in [0.15, 0.2) is 11.6 Å². The van der Waals surface area contributed by atoms with E-state index in [1.807, 2.05) is 0 Å². The van der Waals surface area contributed by atoms with Gasteiger partial charge in [-0.2, -0.15) is 0 Å². The number of esters is 1. The fourth-order valence-corrected chi connectivity index (χ4v) is 1.69. The van der Waals surface area contributed by atoms with E-state index in [1.165, 1.54) is 6.08 Å². The van der Waals surface area contributed by atoms with Gasteiger partial charge in [0.2, 0.25) is 0 Å². The van der Waals surface area contributed by atoms with Gasteiger partial charge in [0, 0.05) is 6.08 Å². The second-order valence-electron chi connectivity index (χ2n) is 5.23. The normalized spacial score (nSPS) is 19.2. The molecule has 1 aliphatic heterocycles. The van der Waals surface area contributed by atoms with Crippen LogP contribution >= 0.6 is 0 Å². The van der Waals surface area contributed by atoms with Gasteiger partial charge in [0.15, 0.2) is 6.04 Å². The molecule has 0 aromatic rings. The molecule has 1 aliphatic rings. The number of rotatable bonds is 2. The van der Waals surface area contributed by atoms with Crippen molar-refractivity contribution in [2.24, 2.45) is 0 Å². The van der Waals surface area contributed by atoms with Gasteiger partial charge in [-0.3, -0.25) is 4.79 Å². The summed E-state index contributed by atoms with van der Waals surface area (Å²) >= 11 is 0. The van der Waals surface area contributed by atoms with Crippen LogP contribution in [-0.2, 0) is 19.1 Å². The molecule has 2 amide bonds. The first kappa shape index (κ1) is 15.2. The van der Waals surface area contributed by atoms with Crippen molar-refractivity contribution in [3.63, 3.8) is 0 Å². The molecular formula is C13H19NO5. The standard InChI is InChI=1S/C13H19NO5/c1-6-18-11(16)10-8(2)7-9(15)14(10)12(17)19-13(3,4)5/h7,10H,6H2,1-5H3. The first-order valence-electron chi connectivity index (χ1n) is 6.08. The van der Waals surface area contributed by atoms with Crippen molar-refractivity contribution in [1.82, 2.24) is 4.90 Å². The average molecular weight is 269 g/mol. The van der Waals surface area contributed by atoms with Crippen LogP contribution in [0.4, 0.5) is 4.79 Å². The summed E-state index contributed by atoms with van der Waals surface area (Å²) in [4.78, 5) is 36.4. The van der Waals surface area contributed by atoms with E-state index in [2.05, 4.69) is 0 Å². The van der Waals surface area contributed by atoms with Crippen LogP contribution in [0.25, 0.3) is 0 Å². The molecule has 1 unspecified atom stereocenters. The predicted molar refractivity (Wildman–Crippen MR) is 67.3 cm³/mol. The molecule has 0 saturated heterocycles. The molecule has 106 valence electrons. The molecule has 6 nitrogen and oxygen atoms in total. The third-order valence-corrected chi connectivity index (χ3v) is 2.38. The largest absolute Gasteiger partial charge is 0.464 e. The summed E-state index contributed by atoms with van der Waals surface area (Å²) < 4.78 is 10.00. The SMILES string of the molecule is CCOC(=O)C1C(C)=CC(=O)N1C(=O)OC(C)(C)C.